The normalized spacial score (nSPS) is 12.5. The van der Waals surface area contributed by atoms with Crippen LogP contribution in [0.1, 0.15) is 44.4 Å². The van der Waals surface area contributed by atoms with Crippen LogP contribution < -0.4 is 10.6 Å². The van der Waals surface area contributed by atoms with E-state index in [4.69, 9.17) is 4.74 Å². The standard InChI is InChI=1S/C27H34N4O5S/c1-18-10-6-8-12-20(18)29-24(33)23(19-11-7-9-13-22(19)32)31(16-15-28)25(34)21(14-17-37-5)30-26(35)36-27(2,3)4/h6-13,21,23,32H,14,16-17H2,1-5H3,(H,29,33)(H,30,35). The molecule has 3 N–H and O–H groups in total. The van der Waals surface area contributed by atoms with Gasteiger partial charge < -0.3 is 25.4 Å². The minimum absolute atomic E-state index is 0.151. The zero-order valence-corrected chi connectivity index (χ0v) is 22.6. The molecule has 0 radical (unpaired) electrons. The van der Waals surface area contributed by atoms with Crippen LogP contribution in [0.4, 0.5) is 10.5 Å². The highest BCUT2D eigenvalue weighted by atomic mass is 32.2. The van der Waals surface area contributed by atoms with Crippen molar-refractivity contribution >= 4 is 35.4 Å². The quantitative estimate of drug-likeness (QED) is 0.392. The molecule has 10 heteroatoms. The molecular formula is C27H34N4O5S. The highest BCUT2D eigenvalue weighted by Crippen LogP contribution is 2.31. The SMILES string of the molecule is CSCCC(NC(=O)OC(C)(C)C)C(=O)N(CC#N)C(C(=O)Nc1ccccc1C)c1ccccc1O. The summed E-state index contributed by atoms with van der Waals surface area (Å²) < 4.78 is 5.33. The lowest BCUT2D eigenvalue weighted by atomic mass is 10.0. The van der Waals surface area contributed by atoms with Crippen LogP contribution in [0, 0.1) is 18.3 Å². The number of ether oxygens (including phenoxy) is 1. The van der Waals surface area contributed by atoms with Crippen molar-refractivity contribution in [2.24, 2.45) is 0 Å². The first-order valence-electron chi connectivity index (χ1n) is 11.8. The smallest absolute Gasteiger partial charge is 0.408 e. The number of aromatic hydroxyl groups is 1. The average molecular weight is 527 g/mol. The second-order valence-corrected chi connectivity index (χ2v) is 10.4. The van der Waals surface area contributed by atoms with Crippen LogP contribution in [-0.2, 0) is 14.3 Å². The highest BCUT2D eigenvalue weighted by Gasteiger charge is 2.37. The number of phenols is 1. The first kappa shape index (κ1) is 29.5. The van der Waals surface area contributed by atoms with Gasteiger partial charge in [0.15, 0.2) is 0 Å². The number of carbonyl (C=O) groups excluding carboxylic acids is 3. The summed E-state index contributed by atoms with van der Waals surface area (Å²) in [4.78, 5) is 41.1. The third kappa shape index (κ3) is 8.72. The fraction of sp³-hybridized carbons (Fsp3) is 0.407. The molecule has 3 amide bonds. The fourth-order valence-corrected chi connectivity index (χ4v) is 4.07. The second-order valence-electron chi connectivity index (χ2n) is 9.37. The van der Waals surface area contributed by atoms with Gasteiger partial charge in [0.2, 0.25) is 5.91 Å². The molecule has 2 aromatic carbocycles. The van der Waals surface area contributed by atoms with Crippen LogP contribution in [0.3, 0.4) is 0 Å². The van der Waals surface area contributed by atoms with Gasteiger partial charge in [0, 0.05) is 11.3 Å². The van der Waals surface area contributed by atoms with Crippen molar-refractivity contribution in [3.05, 3.63) is 59.7 Å². The first-order valence-corrected chi connectivity index (χ1v) is 13.2. The van der Waals surface area contributed by atoms with Gasteiger partial charge >= 0.3 is 6.09 Å². The Balaban J connectivity index is 2.51. The van der Waals surface area contributed by atoms with E-state index < -0.39 is 42.1 Å². The lowest BCUT2D eigenvalue weighted by Gasteiger charge is -2.33. The number of hydrogen-bond acceptors (Lipinski definition) is 7. The highest BCUT2D eigenvalue weighted by molar-refractivity contribution is 7.98. The lowest BCUT2D eigenvalue weighted by Crippen LogP contribution is -2.52. The summed E-state index contributed by atoms with van der Waals surface area (Å²) in [6.45, 7) is 6.49. The number of carbonyl (C=O) groups is 3. The Morgan fingerprint density at radius 3 is 2.38 bits per heavy atom. The molecule has 37 heavy (non-hydrogen) atoms. The van der Waals surface area contributed by atoms with E-state index in [2.05, 4.69) is 10.6 Å². The van der Waals surface area contributed by atoms with Gasteiger partial charge in [0.05, 0.1) is 6.07 Å². The number of para-hydroxylation sites is 2. The summed E-state index contributed by atoms with van der Waals surface area (Å²) in [5, 5.41) is 25.6. The number of phenolic OH excluding ortho intramolecular Hbond substituents is 1. The third-order valence-electron chi connectivity index (χ3n) is 5.32. The number of aryl methyl sites for hydroxylation is 1. The van der Waals surface area contributed by atoms with Crippen LogP contribution in [-0.4, -0.2) is 58.1 Å². The Labute approximate surface area is 222 Å². The van der Waals surface area contributed by atoms with E-state index in [9.17, 15) is 24.8 Å². The number of hydrogen-bond donors (Lipinski definition) is 3. The van der Waals surface area contributed by atoms with Crippen LogP contribution >= 0.6 is 11.8 Å². The van der Waals surface area contributed by atoms with Crippen LogP contribution in [0.15, 0.2) is 48.5 Å². The summed E-state index contributed by atoms with van der Waals surface area (Å²) in [5.74, 6) is -0.928. The molecule has 0 bridgehead atoms. The molecule has 0 aliphatic heterocycles. The Kier molecular flexibility index (Phi) is 10.8. The maximum Gasteiger partial charge on any atom is 0.408 e. The van der Waals surface area contributed by atoms with E-state index in [0.717, 1.165) is 10.5 Å². The Hall–Kier alpha value is -3.71. The van der Waals surface area contributed by atoms with E-state index in [0.29, 0.717) is 11.4 Å². The number of rotatable bonds is 10. The summed E-state index contributed by atoms with van der Waals surface area (Å²) in [7, 11) is 0. The maximum atomic E-state index is 13.8. The molecular weight excluding hydrogens is 492 g/mol. The minimum atomic E-state index is -1.34. The molecule has 2 rings (SSSR count). The number of alkyl carbamates (subject to hydrolysis) is 1. The van der Waals surface area contributed by atoms with Crippen molar-refractivity contribution in [1.82, 2.24) is 10.2 Å². The van der Waals surface area contributed by atoms with E-state index in [-0.39, 0.29) is 17.7 Å². The van der Waals surface area contributed by atoms with Gasteiger partial charge in [-0.25, -0.2) is 4.79 Å². The van der Waals surface area contributed by atoms with E-state index in [1.807, 2.05) is 31.4 Å². The number of nitriles is 1. The maximum absolute atomic E-state index is 13.8. The number of amides is 3. The van der Waals surface area contributed by atoms with Crippen molar-refractivity contribution in [3.8, 4) is 11.8 Å². The largest absolute Gasteiger partial charge is 0.508 e. The Bertz CT molecular complexity index is 1140. The van der Waals surface area contributed by atoms with Crippen molar-refractivity contribution in [2.45, 2.75) is 51.8 Å². The van der Waals surface area contributed by atoms with Gasteiger partial charge in [-0.05, 0) is 63.8 Å². The molecule has 0 saturated carbocycles. The monoisotopic (exact) mass is 526 g/mol. The van der Waals surface area contributed by atoms with Crippen LogP contribution in [0.5, 0.6) is 5.75 Å². The predicted molar refractivity (Wildman–Crippen MR) is 144 cm³/mol. The zero-order valence-electron chi connectivity index (χ0n) is 21.8. The van der Waals surface area contributed by atoms with Gasteiger partial charge in [-0.3, -0.25) is 9.59 Å². The number of benzene rings is 2. The molecule has 0 heterocycles. The number of nitrogens with one attached hydrogen (secondary N) is 2. The Morgan fingerprint density at radius 1 is 1.14 bits per heavy atom. The van der Waals surface area contributed by atoms with Crippen molar-refractivity contribution < 1.29 is 24.2 Å². The molecule has 0 fully saturated rings. The number of nitrogens with zero attached hydrogens (tertiary/aromatic N) is 2. The zero-order chi connectivity index (χ0) is 27.6. The van der Waals surface area contributed by atoms with Crippen molar-refractivity contribution in [2.75, 3.05) is 23.9 Å². The lowest BCUT2D eigenvalue weighted by molar-refractivity contribution is -0.140. The van der Waals surface area contributed by atoms with Gasteiger partial charge in [-0.15, -0.1) is 0 Å². The van der Waals surface area contributed by atoms with Gasteiger partial charge in [-0.1, -0.05) is 36.4 Å². The van der Waals surface area contributed by atoms with E-state index >= 15 is 0 Å². The molecule has 0 aromatic heterocycles. The molecule has 198 valence electrons. The van der Waals surface area contributed by atoms with E-state index in [1.54, 1.807) is 45.0 Å². The first-order chi connectivity index (χ1) is 17.5. The van der Waals surface area contributed by atoms with Crippen molar-refractivity contribution in [1.29, 1.82) is 5.26 Å². The second kappa shape index (κ2) is 13.6. The number of thioether (sulfide) groups is 1. The molecule has 2 atom stereocenters. The molecule has 9 nitrogen and oxygen atoms in total. The summed E-state index contributed by atoms with van der Waals surface area (Å²) in [5.41, 5.74) is 0.700. The molecule has 0 aliphatic rings. The molecule has 2 unspecified atom stereocenters. The van der Waals surface area contributed by atoms with Crippen LogP contribution in [0.2, 0.25) is 0 Å². The minimum Gasteiger partial charge on any atom is -0.508 e. The van der Waals surface area contributed by atoms with Crippen LogP contribution in [0.25, 0.3) is 0 Å². The third-order valence-corrected chi connectivity index (χ3v) is 5.96. The van der Waals surface area contributed by atoms with Gasteiger partial charge in [0.1, 0.15) is 30.0 Å². The fourth-order valence-electron chi connectivity index (χ4n) is 3.60. The summed E-state index contributed by atoms with van der Waals surface area (Å²) in [6.07, 6.45) is 1.32. The van der Waals surface area contributed by atoms with Gasteiger partial charge in [-0.2, -0.15) is 17.0 Å². The predicted octanol–water partition coefficient (Wildman–Crippen LogP) is 4.38. The van der Waals surface area contributed by atoms with E-state index in [1.165, 1.54) is 23.9 Å². The topological polar surface area (TPSA) is 132 Å². The molecule has 0 aliphatic carbocycles. The molecule has 0 spiro atoms. The number of anilines is 1. The average Bonchev–Trinajstić information content (AvgIpc) is 2.82. The van der Waals surface area contributed by atoms with Gasteiger partial charge in [0.25, 0.3) is 5.91 Å². The summed E-state index contributed by atoms with van der Waals surface area (Å²) in [6, 6.07) is 12.8. The van der Waals surface area contributed by atoms with Crippen molar-refractivity contribution in [3.63, 3.8) is 0 Å². The molecule has 0 saturated heterocycles. The Morgan fingerprint density at radius 2 is 1.78 bits per heavy atom. The molecule has 2 aromatic rings. The summed E-state index contributed by atoms with van der Waals surface area (Å²) >= 11 is 1.48.